The Morgan fingerprint density at radius 3 is 2.70 bits per heavy atom. The standard InChI is InChI=1S/C20H28N4O3/c1-13-16(18(26)22-14(2)21-13)10-17(25)24-9-7-20(12-24)6-3-8-23(19(20)27)11-15-4-5-15/h15H,3-12H2,1-2H3,(H,21,22,26). The average Bonchev–Trinajstić information content (AvgIpc) is 3.33. The van der Waals surface area contributed by atoms with Crippen LogP contribution in [0.4, 0.5) is 0 Å². The summed E-state index contributed by atoms with van der Waals surface area (Å²) in [6.07, 6.45) is 5.13. The van der Waals surface area contributed by atoms with Crippen molar-refractivity contribution in [2.75, 3.05) is 26.2 Å². The lowest BCUT2D eigenvalue weighted by molar-refractivity contribution is -0.146. The molecule has 3 aliphatic rings. The summed E-state index contributed by atoms with van der Waals surface area (Å²) in [7, 11) is 0. The summed E-state index contributed by atoms with van der Waals surface area (Å²) >= 11 is 0. The third-order valence-corrected chi connectivity index (χ3v) is 6.37. The second-order valence-electron chi connectivity index (χ2n) is 8.54. The van der Waals surface area contributed by atoms with E-state index in [9.17, 15) is 14.4 Å². The van der Waals surface area contributed by atoms with E-state index in [1.54, 1.807) is 18.7 Å². The van der Waals surface area contributed by atoms with Crippen molar-refractivity contribution in [1.29, 1.82) is 0 Å². The molecule has 2 amide bonds. The lowest BCUT2D eigenvalue weighted by Gasteiger charge is -2.39. The number of hydrogen-bond donors (Lipinski definition) is 1. The summed E-state index contributed by atoms with van der Waals surface area (Å²) in [5, 5.41) is 0. The van der Waals surface area contributed by atoms with E-state index in [0.717, 1.165) is 32.4 Å². The van der Waals surface area contributed by atoms with Gasteiger partial charge in [0.2, 0.25) is 11.8 Å². The van der Waals surface area contributed by atoms with Crippen molar-refractivity contribution < 1.29 is 9.59 Å². The van der Waals surface area contributed by atoms with Crippen LogP contribution in [0.2, 0.25) is 0 Å². The molecule has 1 unspecified atom stereocenters. The first-order chi connectivity index (χ1) is 12.9. The summed E-state index contributed by atoms with van der Waals surface area (Å²) in [4.78, 5) is 48.9. The molecule has 1 atom stereocenters. The lowest BCUT2D eigenvalue weighted by atomic mass is 9.78. The number of H-pyrrole nitrogens is 1. The van der Waals surface area contributed by atoms with Gasteiger partial charge in [0.05, 0.1) is 11.8 Å². The van der Waals surface area contributed by atoms with E-state index in [2.05, 4.69) is 9.97 Å². The maximum absolute atomic E-state index is 13.1. The maximum atomic E-state index is 13.1. The van der Waals surface area contributed by atoms with Crippen LogP contribution < -0.4 is 5.56 Å². The number of aromatic amines is 1. The van der Waals surface area contributed by atoms with E-state index < -0.39 is 5.41 Å². The van der Waals surface area contributed by atoms with Crippen LogP contribution in [0.1, 0.15) is 49.2 Å². The molecule has 2 saturated heterocycles. The van der Waals surface area contributed by atoms with Crippen molar-refractivity contribution in [3.8, 4) is 0 Å². The fourth-order valence-electron chi connectivity index (χ4n) is 4.62. The summed E-state index contributed by atoms with van der Waals surface area (Å²) in [5.41, 5.74) is 0.377. The van der Waals surface area contributed by atoms with Crippen LogP contribution >= 0.6 is 0 Å². The Balaban J connectivity index is 1.45. The van der Waals surface area contributed by atoms with Gasteiger partial charge in [0.1, 0.15) is 5.82 Å². The van der Waals surface area contributed by atoms with Crippen LogP contribution in [-0.4, -0.2) is 57.8 Å². The minimum Gasteiger partial charge on any atom is -0.342 e. The molecule has 1 aliphatic carbocycles. The predicted octanol–water partition coefficient (Wildman–Crippen LogP) is 1.18. The monoisotopic (exact) mass is 372 g/mol. The quantitative estimate of drug-likeness (QED) is 0.860. The molecule has 3 heterocycles. The Bertz CT molecular complexity index is 829. The largest absolute Gasteiger partial charge is 0.342 e. The summed E-state index contributed by atoms with van der Waals surface area (Å²) in [5.74, 6) is 1.39. The smallest absolute Gasteiger partial charge is 0.254 e. The van der Waals surface area contributed by atoms with Crippen molar-refractivity contribution in [2.45, 2.75) is 52.4 Å². The van der Waals surface area contributed by atoms with Gasteiger partial charge < -0.3 is 14.8 Å². The van der Waals surface area contributed by atoms with Crippen LogP contribution in [-0.2, 0) is 16.0 Å². The van der Waals surface area contributed by atoms with E-state index in [0.29, 0.717) is 36.1 Å². The Kier molecular flexibility index (Phi) is 4.56. The number of carbonyl (C=O) groups excluding carboxylic acids is 2. The topological polar surface area (TPSA) is 86.4 Å². The van der Waals surface area contributed by atoms with Crippen molar-refractivity contribution in [2.24, 2.45) is 11.3 Å². The highest BCUT2D eigenvalue weighted by atomic mass is 16.2. The molecule has 1 spiro atoms. The van der Waals surface area contributed by atoms with Gasteiger partial charge in [-0.3, -0.25) is 14.4 Å². The second-order valence-corrected chi connectivity index (χ2v) is 8.54. The maximum Gasteiger partial charge on any atom is 0.254 e. The van der Waals surface area contributed by atoms with Gasteiger partial charge in [0.25, 0.3) is 5.56 Å². The summed E-state index contributed by atoms with van der Waals surface area (Å²) in [6, 6.07) is 0. The Hall–Kier alpha value is -2.18. The van der Waals surface area contributed by atoms with Crippen molar-refractivity contribution in [3.63, 3.8) is 0 Å². The number of nitrogens with one attached hydrogen (secondary N) is 1. The second kappa shape index (κ2) is 6.77. The first-order valence-corrected chi connectivity index (χ1v) is 10.0. The van der Waals surface area contributed by atoms with E-state index in [4.69, 9.17) is 0 Å². The van der Waals surface area contributed by atoms with Gasteiger partial charge in [-0.15, -0.1) is 0 Å². The van der Waals surface area contributed by atoms with Crippen LogP contribution in [0.25, 0.3) is 0 Å². The van der Waals surface area contributed by atoms with Crippen molar-refractivity contribution in [3.05, 3.63) is 27.4 Å². The molecule has 2 aliphatic heterocycles. The van der Waals surface area contributed by atoms with E-state index in [1.165, 1.54) is 12.8 Å². The van der Waals surface area contributed by atoms with Crippen LogP contribution in [0.15, 0.2) is 4.79 Å². The zero-order valence-electron chi connectivity index (χ0n) is 16.2. The van der Waals surface area contributed by atoms with Crippen molar-refractivity contribution in [1.82, 2.24) is 19.8 Å². The number of hydrogen-bond acceptors (Lipinski definition) is 4. The number of aryl methyl sites for hydroxylation is 2. The molecule has 3 fully saturated rings. The zero-order valence-corrected chi connectivity index (χ0v) is 16.2. The molecule has 146 valence electrons. The Morgan fingerprint density at radius 2 is 2.00 bits per heavy atom. The predicted molar refractivity (Wildman–Crippen MR) is 100 cm³/mol. The normalized spacial score (nSPS) is 25.5. The van der Waals surface area contributed by atoms with Crippen LogP contribution in [0.5, 0.6) is 0 Å². The molecule has 0 aromatic carbocycles. The summed E-state index contributed by atoms with van der Waals surface area (Å²) in [6.45, 7) is 6.32. The molecule has 0 bridgehead atoms. The number of carbonyl (C=O) groups is 2. The highest BCUT2D eigenvalue weighted by molar-refractivity contribution is 5.86. The third-order valence-electron chi connectivity index (χ3n) is 6.37. The van der Waals surface area contributed by atoms with Gasteiger partial charge in [-0.25, -0.2) is 4.98 Å². The molecule has 27 heavy (non-hydrogen) atoms. The molecule has 1 N–H and O–H groups in total. The van der Waals surface area contributed by atoms with Gasteiger partial charge in [-0.2, -0.15) is 0 Å². The average molecular weight is 372 g/mol. The fourth-order valence-corrected chi connectivity index (χ4v) is 4.62. The number of piperidine rings is 1. The molecular formula is C20H28N4O3. The minimum absolute atomic E-state index is 0.0461. The number of amides is 2. The van der Waals surface area contributed by atoms with Gasteiger partial charge in [0.15, 0.2) is 0 Å². The lowest BCUT2D eigenvalue weighted by Crippen LogP contribution is -2.51. The van der Waals surface area contributed by atoms with Crippen LogP contribution in [0.3, 0.4) is 0 Å². The van der Waals surface area contributed by atoms with E-state index >= 15 is 0 Å². The molecule has 0 radical (unpaired) electrons. The first kappa shape index (κ1) is 18.2. The molecule has 4 rings (SSSR count). The third kappa shape index (κ3) is 3.51. The van der Waals surface area contributed by atoms with Gasteiger partial charge >= 0.3 is 0 Å². The van der Waals surface area contributed by atoms with Gasteiger partial charge in [-0.05, 0) is 51.9 Å². The number of aromatic nitrogens is 2. The van der Waals surface area contributed by atoms with E-state index in [1.807, 2.05) is 4.90 Å². The summed E-state index contributed by atoms with van der Waals surface area (Å²) < 4.78 is 0. The minimum atomic E-state index is -0.407. The van der Waals surface area contributed by atoms with Crippen LogP contribution in [0, 0.1) is 25.2 Å². The SMILES string of the molecule is Cc1nc(C)c(CC(=O)N2CCC3(CCCN(CC4CC4)C3=O)C2)c(=O)[nH]1. The molecule has 1 saturated carbocycles. The molecule has 7 heteroatoms. The van der Waals surface area contributed by atoms with Gasteiger partial charge in [0, 0.05) is 37.4 Å². The first-order valence-electron chi connectivity index (χ1n) is 10.0. The van der Waals surface area contributed by atoms with Gasteiger partial charge in [-0.1, -0.05) is 0 Å². The fraction of sp³-hybridized carbons (Fsp3) is 0.700. The Morgan fingerprint density at radius 1 is 1.22 bits per heavy atom. The number of nitrogens with zero attached hydrogens (tertiary/aromatic N) is 3. The highest BCUT2D eigenvalue weighted by Crippen LogP contribution is 2.41. The van der Waals surface area contributed by atoms with Crippen molar-refractivity contribution >= 4 is 11.8 Å². The zero-order chi connectivity index (χ0) is 19.2. The molecular weight excluding hydrogens is 344 g/mol. The molecule has 1 aromatic heterocycles. The molecule has 1 aromatic rings. The number of likely N-dealkylation sites (tertiary alicyclic amines) is 2. The Labute approximate surface area is 159 Å². The number of rotatable bonds is 4. The van der Waals surface area contributed by atoms with E-state index in [-0.39, 0.29) is 23.8 Å². The molecule has 7 nitrogen and oxygen atoms in total. The highest BCUT2D eigenvalue weighted by Gasteiger charge is 2.49.